The van der Waals surface area contributed by atoms with Gasteiger partial charge >= 0.3 is 0 Å². The van der Waals surface area contributed by atoms with Crippen LogP contribution in [0.4, 0.5) is 10.0 Å². The molecule has 4 N–H and O–H groups in total. The summed E-state index contributed by atoms with van der Waals surface area (Å²) in [6.45, 7) is 0. The maximum atomic E-state index is 5.61. The third-order valence-corrected chi connectivity index (χ3v) is 2.21. The molecule has 0 radical (unpaired) electrons. The Morgan fingerprint density at radius 1 is 1.00 bits per heavy atom. The highest BCUT2D eigenvalue weighted by molar-refractivity contribution is 7.21. The second kappa shape index (κ2) is 2.06. The van der Waals surface area contributed by atoms with Crippen LogP contribution in [0.3, 0.4) is 0 Å². The fourth-order valence-electron chi connectivity index (χ4n) is 0.914. The molecular formula is C6H6N4S. The van der Waals surface area contributed by atoms with Crippen LogP contribution in [-0.4, -0.2) is 9.97 Å². The highest BCUT2D eigenvalue weighted by Crippen LogP contribution is 2.31. The minimum absolute atomic E-state index is 0.630. The van der Waals surface area contributed by atoms with Crippen molar-refractivity contribution in [3.05, 3.63) is 12.4 Å². The fraction of sp³-hybridized carbons (Fsp3) is 0. The number of nitrogen functional groups attached to an aromatic ring is 2. The molecule has 0 spiro atoms. The van der Waals surface area contributed by atoms with Crippen molar-refractivity contribution >= 4 is 32.4 Å². The van der Waals surface area contributed by atoms with E-state index in [1.54, 1.807) is 12.4 Å². The van der Waals surface area contributed by atoms with E-state index in [4.69, 9.17) is 11.5 Å². The highest BCUT2D eigenvalue weighted by atomic mass is 32.1. The van der Waals surface area contributed by atoms with Gasteiger partial charge in [-0.25, -0.2) is 9.97 Å². The number of nitrogens with two attached hydrogens (primary N) is 2. The van der Waals surface area contributed by atoms with E-state index < -0.39 is 0 Å². The van der Waals surface area contributed by atoms with Crippen LogP contribution in [0, 0.1) is 0 Å². The second-order valence-corrected chi connectivity index (χ2v) is 3.17. The molecule has 2 aromatic heterocycles. The zero-order chi connectivity index (χ0) is 7.84. The Labute approximate surface area is 66.9 Å². The zero-order valence-electron chi connectivity index (χ0n) is 5.61. The van der Waals surface area contributed by atoms with Gasteiger partial charge in [-0.1, -0.05) is 11.3 Å². The number of hydrogen-bond acceptors (Lipinski definition) is 5. The molecule has 0 aliphatic carbocycles. The molecule has 0 aliphatic rings. The summed E-state index contributed by atoms with van der Waals surface area (Å²) in [5.41, 5.74) is 12.6. The third-order valence-electron chi connectivity index (χ3n) is 1.38. The number of anilines is 2. The van der Waals surface area contributed by atoms with Gasteiger partial charge in [0, 0.05) is 12.4 Å². The van der Waals surface area contributed by atoms with Crippen molar-refractivity contribution in [2.45, 2.75) is 0 Å². The van der Waals surface area contributed by atoms with Gasteiger partial charge in [-0.05, 0) is 0 Å². The van der Waals surface area contributed by atoms with Crippen LogP contribution < -0.4 is 11.5 Å². The topological polar surface area (TPSA) is 77.8 Å². The first kappa shape index (κ1) is 6.36. The SMILES string of the molecule is Nc1sc(N)c2nccnc12. The highest BCUT2D eigenvalue weighted by Gasteiger charge is 2.06. The Bertz CT molecular complexity index is 358. The lowest BCUT2D eigenvalue weighted by Crippen LogP contribution is -1.84. The van der Waals surface area contributed by atoms with E-state index in [0.717, 1.165) is 0 Å². The van der Waals surface area contributed by atoms with Gasteiger partial charge in [-0.2, -0.15) is 0 Å². The number of aromatic nitrogens is 2. The van der Waals surface area contributed by atoms with Gasteiger partial charge in [0.25, 0.3) is 0 Å². The monoisotopic (exact) mass is 166 g/mol. The van der Waals surface area contributed by atoms with Crippen molar-refractivity contribution in [3.8, 4) is 0 Å². The predicted octanol–water partition coefficient (Wildman–Crippen LogP) is 0.856. The van der Waals surface area contributed by atoms with Gasteiger partial charge in [0.15, 0.2) is 0 Å². The molecule has 0 fully saturated rings. The maximum absolute atomic E-state index is 5.61. The van der Waals surface area contributed by atoms with E-state index in [1.165, 1.54) is 11.3 Å². The summed E-state index contributed by atoms with van der Waals surface area (Å²) in [7, 11) is 0. The molecule has 0 atom stereocenters. The van der Waals surface area contributed by atoms with Gasteiger partial charge in [0.2, 0.25) is 0 Å². The molecule has 2 rings (SSSR count). The molecule has 0 saturated heterocycles. The number of rotatable bonds is 0. The molecule has 2 aromatic rings. The zero-order valence-corrected chi connectivity index (χ0v) is 6.43. The van der Waals surface area contributed by atoms with E-state index in [9.17, 15) is 0 Å². The fourth-order valence-corrected chi connectivity index (χ4v) is 1.64. The van der Waals surface area contributed by atoms with Gasteiger partial charge in [-0.3, -0.25) is 0 Å². The Morgan fingerprint density at radius 3 is 1.91 bits per heavy atom. The third kappa shape index (κ3) is 0.813. The number of thiophene rings is 1. The average Bonchev–Trinajstić information content (AvgIpc) is 2.30. The summed E-state index contributed by atoms with van der Waals surface area (Å²) in [6.07, 6.45) is 3.20. The summed E-state index contributed by atoms with van der Waals surface area (Å²) in [4.78, 5) is 8.09. The van der Waals surface area contributed by atoms with E-state index in [1.807, 2.05) is 0 Å². The van der Waals surface area contributed by atoms with E-state index in [0.29, 0.717) is 21.0 Å². The summed E-state index contributed by atoms with van der Waals surface area (Å²) >= 11 is 1.31. The van der Waals surface area contributed by atoms with Gasteiger partial charge in [0.1, 0.15) is 21.0 Å². The average molecular weight is 166 g/mol. The van der Waals surface area contributed by atoms with Crippen molar-refractivity contribution < 1.29 is 0 Å². The smallest absolute Gasteiger partial charge is 0.125 e. The van der Waals surface area contributed by atoms with Crippen LogP contribution >= 0.6 is 11.3 Å². The molecular weight excluding hydrogens is 160 g/mol. The number of nitrogens with zero attached hydrogens (tertiary/aromatic N) is 2. The molecule has 11 heavy (non-hydrogen) atoms. The summed E-state index contributed by atoms with van der Waals surface area (Å²) in [6, 6.07) is 0. The molecule has 0 unspecified atom stereocenters. The van der Waals surface area contributed by atoms with Gasteiger partial charge in [-0.15, -0.1) is 0 Å². The molecule has 5 heteroatoms. The Morgan fingerprint density at radius 2 is 1.45 bits per heavy atom. The van der Waals surface area contributed by atoms with Crippen molar-refractivity contribution in [1.29, 1.82) is 0 Å². The first-order chi connectivity index (χ1) is 5.29. The van der Waals surface area contributed by atoms with Crippen LogP contribution in [-0.2, 0) is 0 Å². The van der Waals surface area contributed by atoms with Crippen molar-refractivity contribution in [2.24, 2.45) is 0 Å². The van der Waals surface area contributed by atoms with Gasteiger partial charge < -0.3 is 11.5 Å². The minimum atomic E-state index is 0.630. The molecule has 2 heterocycles. The van der Waals surface area contributed by atoms with Crippen LogP contribution in [0.25, 0.3) is 11.0 Å². The summed E-state index contributed by atoms with van der Waals surface area (Å²) < 4.78 is 0. The lowest BCUT2D eigenvalue weighted by atomic mass is 10.4. The molecule has 56 valence electrons. The van der Waals surface area contributed by atoms with Crippen LogP contribution in [0.15, 0.2) is 12.4 Å². The minimum Gasteiger partial charge on any atom is -0.389 e. The largest absolute Gasteiger partial charge is 0.389 e. The Balaban J connectivity index is 2.95. The van der Waals surface area contributed by atoms with E-state index in [2.05, 4.69) is 9.97 Å². The van der Waals surface area contributed by atoms with Crippen LogP contribution in [0.2, 0.25) is 0 Å². The molecule has 0 aromatic carbocycles. The molecule has 4 nitrogen and oxygen atoms in total. The Kier molecular flexibility index (Phi) is 1.19. The van der Waals surface area contributed by atoms with Gasteiger partial charge in [0.05, 0.1) is 0 Å². The maximum Gasteiger partial charge on any atom is 0.125 e. The predicted molar refractivity (Wildman–Crippen MR) is 46.2 cm³/mol. The summed E-state index contributed by atoms with van der Waals surface area (Å²) in [5, 5.41) is 1.26. The van der Waals surface area contributed by atoms with Crippen molar-refractivity contribution in [2.75, 3.05) is 11.5 Å². The molecule has 0 aliphatic heterocycles. The lowest BCUT2D eigenvalue weighted by Gasteiger charge is -1.86. The molecule has 0 amide bonds. The molecule has 0 bridgehead atoms. The van der Waals surface area contributed by atoms with E-state index >= 15 is 0 Å². The molecule has 0 saturated carbocycles. The number of hydrogen-bond donors (Lipinski definition) is 2. The Hall–Kier alpha value is -1.36. The summed E-state index contributed by atoms with van der Waals surface area (Å²) in [5.74, 6) is 0. The van der Waals surface area contributed by atoms with Crippen molar-refractivity contribution in [3.63, 3.8) is 0 Å². The number of fused-ring (bicyclic) bond motifs is 1. The first-order valence-corrected chi connectivity index (χ1v) is 3.85. The van der Waals surface area contributed by atoms with E-state index in [-0.39, 0.29) is 0 Å². The quantitative estimate of drug-likeness (QED) is 0.608. The second-order valence-electron chi connectivity index (χ2n) is 2.08. The van der Waals surface area contributed by atoms with Crippen LogP contribution in [0.1, 0.15) is 0 Å². The van der Waals surface area contributed by atoms with Crippen LogP contribution in [0.5, 0.6) is 0 Å². The van der Waals surface area contributed by atoms with Crippen molar-refractivity contribution in [1.82, 2.24) is 9.97 Å². The normalized spacial score (nSPS) is 10.5. The lowest BCUT2D eigenvalue weighted by molar-refractivity contribution is 1.31. The first-order valence-electron chi connectivity index (χ1n) is 3.03. The standard InChI is InChI=1S/C6H6N4S/c7-5-3-4(6(8)11-5)10-2-1-9-3/h1-2H,7-8H2.